The smallest absolute Gasteiger partial charge is 0.417 e. The topological polar surface area (TPSA) is 72.6 Å². The Morgan fingerprint density at radius 2 is 2.00 bits per heavy atom. The zero-order valence-electron chi connectivity index (χ0n) is 9.24. The van der Waals surface area contributed by atoms with Crippen molar-refractivity contribution < 1.29 is 14.3 Å². The standard InChI is InChI=1S/C10H16N2O3/c1-5-6-12(8(13)7-11)9(14)15-10(2,3)4/h1H,6-7,11H2,2-4H3. The molecule has 0 heterocycles. The summed E-state index contributed by atoms with van der Waals surface area (Å²) < 4.78 is 4.99. The summed E-state index contributed by atoms with van der Waals surface area (Å²) in [6.45, 7) is 4.69. The van der Waals surface area contributed by atoms with Crippen LogP contribution in [-0.2, 0) is 9.53 Å². The molecule has 0 aromatic carbocycles. The second kappa shape index (κ2) is 5.37. The van der Waals surface area contributed by atoms with Gasteiger partial charge < -0.3 is 10.5 Å². The quantitative estimate of drug-likeness (QED) is 0.670. The Morgan fingerprint density at radius 1 is 1.47 bits per heavy atom. The van der Waals surface area contributed by atoms with E-state index in [4.69, 9.17) is 16.9 Å². The zero-order valence-corrected chi connectivity index (χ0v) is 9.24. The third-order valence-electron chi connectivity index (χ3n) is 1.34. The Balaban J connectivity index is 4.58. The fraction of sp³-hybridized carbons (Fsp3) is 0.600. The van der Waals surface area contributed by atoms with Gasteiger partial charge in [-0.3, -0.25) is 4.79 Å². The van der Waals surface area contributed by atoms with E-state index in [9.17, 15) is 9.59 Å². The van der Waals surface area contributed by atoms with Gasteiger partial charge in [-0.15, -0.1) is 6.42 Å². The molecule has 2 N–H and O–H groups in total. The molecule has 0 aromatic heterocycles. The molecule has 2 amide bonds. The molecule has 5 heteroatoms. The van der Waals surface area contributed by atoms with Gasteiger partial charge in [0.25, 0.3) is 0 Å². The van der Waals surface area contributed by atoms with Gasteiger partial charge in [0, 0.05) is 0 Å². The van der Waals surface area contributed by atoms with E-state index in [-0.39, 0.29) is 13.1 Å². The lowest BCUT2D eigenvalue weighted by Crippen LogP contribution is -2.43. The molecule has 5 nitrogen and oxygen atoms in total. The molecule has 0 fully saturated rings. The number of carbonyl (C=O) groups excluding carboxylic acids is 2. The van der Waals surface area contributed by atoms with Crippen LogP contribution < -0.4 is 5.73 Å². The summed E-state index contributed by atoms with van der Waals surface area (Å²) in [7, 11) is 0. The molecule has 0 saturated heterocycles. The molecule has 0 aliphatic rings. The molecule has 0 spiro atoms. The molecule has 0 radical (unpaired) electrons. The first-order valence-electron chi connectivity index (χ1n) is 4.48. The van der Waals surface area contributed by atoms with Gasteiger partial charge in [0.05, 0.1) is 13.1 Å². The Bertz CT molecular complexity index is 286. The number of carbonyl (C=O) groups is 2. The molecule has 0 saturated carbocycles. The van der Waals surface area contributed by atoms with Gasteiger partial charge >= 0.3 is 6.09 Å². The summed E-state index contributed by atoms with van der Waals surface area (Å²) in [6.07, 6.45) is 4.26. The van der Waals surface area contributed by atoms with Crippen LogP contribution in [0.2, 0.25) is 0 Å². The number of amides is 2. The van der Waals surface area contributed by atoms with Crippen molar-refractivity contribution in [1.29, 1.82) is 0 Å². The normalized spacial score (nSPS) is 10.3. The van der Waals surface area contributed by atoms with Crippen LogP contribution in [-0.4, -0.2) is 35.6 Å². The van der Waals surface area contributed by atoms with Gasteiger partial charge in [-0.25, -0.2) is 9.69 Å². The van der Waals surface area contributed by atoms with E-state index in [1.165, 1.54) is 0 Å². The highest BCUT2D eigenvalue weighted by Gasteiger charge is 2.25. The van der Waals surface area contributed by atoms with Crippen LogP contribution in [0, 0.1) is 12.3 Å². The van der Waals surface area contributed by atoms with Crippen LogP contribution in [0.4, 0.5) is 4.79 Å². The molecule has 0 aliphatic carbocycles. The maximum absolute atomic E-state index is 11.5. The Labute approximate surface area is 89.6 Å². The third-order valence-corrected chi connectivity index (χ3v) is 1.34. The first-order valence-corrected chi connectivity index (χ1v) is 4.48. The number of nitrogens with zero attached hydrogens (tertiary/aromatic N) is 1. The number of rotatable bonds is 2. The number of hydrogen-bond donors (Lipinski definition) is 1. The van der Waals surface area contributed by atoms with Crippen molar-refractivity contribution in [2.24, 2.45) is 5.73 Å². The van der Waals surface area contributed by atoms with Crippen molar-refractivity contribution in [3.05, 3.63) is 0 Å². The van der Waals surface area contributed by atoms with Crippen LogP contribution in [0.5, 0.6) is 0 Å². The molecular weight excluding hydrogens is 196 g/mol. The molecule has 0 rings (SSSR count). The zero-order chi connectivity index (χ0) is 12.1. The summed E-state index contributed by atoms with van der Waals surface area (Å²) in [4.78, 5) is 23.5. The molecular formula is C10H16N2O3. The summed E-state index contributed by atoms with van der Waals surface area (Å²) in [5.74, 6) is 1.64. The molecule has 15 heavy (non-hydrogen) atoms. The van der Waals surface area contributed by atoms with Gasteiger partial charge in [0.15, 0.2) is 0 Å². The van der Waals surface area contributed by atoms with Gasteiger partial charge in [-0.05, 0) is 20.8 Å². The molecule has 0 aromatic rings. The summed E-state index contributed by atoms with van der Waals surface area (Å²) in [5.41, 5.74) is 4.47. The molecule has 0 bridgehead atoms. The van der Waals surface area contributed by atoms with Crippen molar-refractivity contribution in [3.63, 3.8) is 0 Å². The van der Waals surface area contributed by atoms with Crippen molar-refractivity contribution in [1.82, 2.24) is 4.90 Å². The lowest BCUT2D eigenvalue weighted by Gasteiger charge is -2.24. The SMILES string of the molecule is C#CCN(C(=O)CN)C(=O)OC(C)(C)C. The van der Waals surface area contributed by atoms with E-state index < -0.39 is 17.6 Å². The molecule has 0 atom stereocenters. The minimum atomic E-state index is -0.768. The van der Waals surface area contributed by atoms with E-state index in [2.05, 4.69) is 5.92 Å². The van der Waals surface area contributed by atoms with Crippen LogP contribution in [0.1, 0.15) is 20.8 Å². The predicted molar refractivity (Wildman–Crippen MR) is 55.8 cm³/mol. The Morgan fingerprint density at radius 3 is 2.33 bits per heavy atom. The summed E-state index contributed by atoms with van der Waals surface area (Å²) in [6, 6.07) is 0. The molecule has 84 valence electrons. The molecule has 0 unspecified atom stereocenters. The maximum Gasteiger partial charge on any atom is 0.417 e. The number of terminal acetylenes is 1. The van der Waals surface area contributed by atoms with Gasteiger partial charge in [-0.1, -0.05) is 5.92 Å². The van der Waals surface area contributed by atoms with Crippen LogP contribution in [0.3, 0.4) is 0 Å². The van der Waals surface area contributed by atoms with Gasteiger partial charge in [0.2, 0.25) is 5.91 Å². The van der Waals surface area contributed by atoms with E-state index in [0.717, 1.165) is 4.90 Å². The number of ether oxygens (including phenoxy) is 1. The van der Waals surface area contributed by atoms with E-state index >= 15 is 0 Å². The van der Waals surface area contributed by atoms with Gasteiger partial charge in [-0.2, -0.15) is 0 Å². The van der Waals surface area contributed by atoms with Crippen LogP contribution in [0.15, 0.2) is 0 Å². The van der Waals surface area contributed by atoms with Crippen molar-refractivity contribution in [2.45, 2.75) is 26.4 Å². The summed E-state index contributed by atoms with van der Waals surface area (Å²) in [5, 5.41) is 0. The van der Waals surface area contributed by atoms with E-state index in [1.807, 2.05) is 0 Å². The highest BCUT2D eigenvalue weighted by molar-refractivity contribution is 5.93. The van der Waals surface area contributed by atoms with Crippen molar-refractivity contribution >= 4 is 12.0 Å². The van der Waals surface area contributed by atoms with E-state index in [0.29, 0.717) is 0 Å². The van der Waals surface area contributed by atoms with Crippen molar-refractivity contribution in [2.75, 3.05) is 13.1 Å². The third kappa shape index (κ3) is 5.03. The van der Waals surface area contributed by atoms with E-state index in [1.54, 1.807) is 20.8 Å². The first-order chi connectivity index (χ1) is 6.81. The average Bonchev–Trinajstić information content (AvgIpc) is 2.10. The highest BCUT2D eigenvalue weighted by atomic mass is 16.6. The second-order valence-electron chi connectivity index (χ2n) is 3.87. The largest absolute Gasteiger partial charge is 0.443 e. The van der Waals surface area contributed by atoms with Crippen LogP contribution in [0.25, 0.3) is 0 Å². The fourth-order valence-corrected chi connectivity index (χ4v) is 0.773. The van der Waals surface area contributed by atoms with Crippen LogP contribution >= 0.6 is 0 Å². The number of nitrogens with two attached hydrogens (primary N) is 1. The lowest BCUT2D eigenvalue weighted by molar-refractivity contribution is -0.128. The maximum atomic E-state index is 11.5. The second-order valence-corrected chi connectivity index (χ2v) is 3.87. The first kappa shape index (κ1) is 13.5. The van der Waals surface area contributed by atoms with Gasteiger partial charge in [0.1, 0.15) is 5.60 Å². The summed E-state index contributed by atoms with van der Waals surface area (Å²) >= 11 is 0. The monoisotopic (exact) mass is 212 g/mol. The fourth-order valence-electron chi connectivity index (χ4n) is 0.773. The highest BCUT2D eigenvalue weighted by Crippen LogP contribution is 2.09. The Hall–Kier alpha value is -1.54. The lowest BCUT2D eigenvalue weighted by atomic mass is 10.2. The predicted octanol–water partition coefficient (Wildman–Crippen LogP) is 0.342. The average molecular weight is 212 g/mol. The minimum Gasteiger partial charge on any atom is -0.443 e. The van der Waals surface area contributed by atoms with Crippen molar-refractivity contribution in [3.8, 4) is 12.3 Å². The minimum absolute atomic E-state index is 0.134. The Kier molecular flexibility index (Phi) is 4.82. The number of hydrogen-bond acceptors (Lipinski definition) is 4. The molecule has 0 aliphatic heterocycles. The number of imide groups is 1.